The zero-order chi connectivity index (χ0) is 43.5. The lowest BCUT2D eigenvalue weighted by molar-refractivity contribution is 0.00486. The fraction of sp³-hybridized carbons (Fsp3) is 0.362. The van der Waals surface area contributed by atoms with E-state index < -0.39 is 11.3 Å². The van der Waals surface area contributed by atoms with Crippen LogP contribution in [0.15, 0.2) is 87.3 Å². The van der Waals surface area contributed by atoms with Crippen molar-refractivity contribution in [2.75, 3.05) is 13.2 Å². The van der Waals surface area contributed by atoms with E-state index in [9.17, 15) is 9.59 Å². The number of benzene rings is 3. The molecule has 11 rings (SSSR count). The van der Waals surface area contributed by atoms with Crippen LogP contribution in [0.5, 0.6) is 0 Å². The molecule has 4 atom stereocenters. The number of imidazole rings is 1. The van der Waals surface area contributed by atoms with Gasteiger partial charge in [-0.25, -0.2) is 18.7 Å². The number of aryl methyl sites for hydroxylation is 3. The zero-order valence-corrected chi connectivity index (χ0v) is 35.8. The fourth-order valence-corrected chi connectivity index (χ4v) is 10.3. The first kappa shape index (κ1) is 39.1. The Balaban J connectivity index is 1.03. The number of H-pyrrole nitrogens is 1. The Morgan fingerprint density at radius 1 is 0.984 bits per heavy atom. The van der Waals surface area contributed by atoms with E-state index in [1.807, 2.05) is 31.3 Å². The van der Waals surface area contributed by atoms with E-state index in [4.69, 9.17) is 14.4 Å². The van der Waals surface area contributed by atoms with Gasteiger partial charge in [-0.2, -0.15) is 10.2 Å². The molecule has 2 aliphatic heterocycles. The van der Waals surface area contributed by atoms with Crippen molar-refractivity contribution in [3.05, 3.63) is 140 Å². The molecule has 63 heavy (non-hydrogen) atoms. The SMILES string of the molecule is CCC1CC(c2ccc3c(c2)cc(C(=O)N2CCc4nn(-c5cc(C)c(F)c(C)c5)c(-n5ccn(-c6ccc7c(cnn7C)c6)c5=O)c4C2)n3[C@@]2(c3noc(=O)[nH]3)C[C@@H]2C)CCO1. The molecule has 1 saturated carbocycles. The third-order valence-electron chi connectivity index (χ3n) is 13.8. The number of carbonyl (C=O) groups is 1. The molecule has 1 aliphatic carbocycles. The molecular weight excluding hydrogens is 804 g/mol. The van der Waals surface area contributed by atoms with Gasteiger partial charge in [-0.3, -0.25) is 28.1 Å². The summed E-state index contributed by atoms with van der Waals surface area (Å²) in [6, 6.07) is 17.6. The number of nitrogens with one attached hydrogen (secondary N) is 1. The van der Waals surface area contributed by atoms with Crippen LogP contribution in [0.25, 0.3) is 39.0 Å². The van der Waals surface area contributed by atoms with Crippen molar-refractivity contribution in [1.29, 1.82) is 0 Å². The maximum Gasteiger partial charge on any atom is 0.438 e. The molecule has 7 heterocycles. The first-order valence-corrected chi connectivity index (χ1v) is 21.7. The Kier molecular flexibility index (Phi) is 8.91. The van der Waals surface area contributed by atoms with Gasteiger partial charge < -0.3 is 14.2 Å². The highest BCUT2D eigenvalue weighted by molar-refractivity contribution is 5.99. The van der Waals surface area contributed by atoms with Gasteiger partial charge in [-0.15, -0.1) is 0 Å². The molecule has 3 aliphatic rings. The van der Waals surface area contributed by atoms with E-state index >= 15 is 9.18 Å². The van der Waals surface area contributed by atoms with Gasteiger partial charge >= 0.3 is 11.4 Å². The first-order valence-electron chi connectivity index (χ1n) is 21.7. The van der Waals surface area contributed by atoms with E-state index in [1.165, 1.54) is 5.56 Å². The van der Waals surface area contributed by atoms with Gasteiger partial charge in [-0.05, 0) is 117 Å². The quantitative estimate of drug-likeness (QED) is 0.176. The van der Waals surface area contributed by atoms with Crippen molar-refractivity contribution in [3.8, 4) is 17.2 Å². The minimum atomic E-state index is -0.809. The molecule has 0 spiro atoms. The molecule has 0 bridgehead atoms. The molecule has 16 heteroatoms. The van der Waals surface area contributed by atoms with Gasteiger partial charge in [0.25, 0.3) is 5.91 Å². The Bertz CT molecular complexity index is 3250. The molecule has 15 nitrogen and oxygen atoms in total. The number of fused-ring (bicyclic) bond motifs is 3. The van der Waals surface area contributed by atoms with Crippen molar-refractivity contribution in [1.82, 2.24) is 48.3 Å². The van der Waals surface area contributed by atoms with E-state index in [-0.39, 0.29) is 36.0 Å². The Morgan fingerprint density at radius 3 is 2.51 bits per heavy atom. The van der Waals surface area contributed by atoms with Gasteiger partial charge in [0.1, 0.15) is 22.9 Å². The van der Waals surface area contributed by atoms with Crippen molar-refractivity contribution in [2.24, 2.45) is 13.0 Å². The van der Waals surface area contributed by atoms with Crippen LogP contribution in [-0.2, 0) is 30.3 Å². The molecule has 5 aromatic heterocycles. The van der Waals surface area contributed by atoms with Crippen LogP contribution in [0.2, 0.25) is 0 Å². The third-order valence-corrected chi connectivity index (χ3v) is 13.8. The standard InChI is InChI=1S/C47H47FN10O5/c1-6-35-21-30(12-16-62-35)29-7-9-39-31(19-29)22-40(57(39)47(23-28(47)4)44-50-45(60)63-52-44)43(59)54-13-11-37-36(25-54)42(58(51-37)34-17-26(2)41(48)27(3)18-34)56-15-14-55(46(56)61)33-8-10-38-32(20-33)24-49-53(38)5/h7-10,14-15,17-20,22,24,28,30,35H,6,11-13,16,21,23,25H2,1-5H3,(H,50,52,60)/t28-,30?,35?,47-/m0/s1. The number of amides is 1. The molecule has 1 amide bonds. The van der Waals surface area contributed by atoms with E-state index in [0.717, 1.165) is 46.8 Å². The van der Waals surface area contributed by atoms with Crippen molar-refractivity contribution < 1.29 is 18.4 Å². The average Bonchev–Trinajstić information content (AvgIpc) is 3.91. The lowest BCUT2D eigenvalue weighted by Gasteiger charge is -2.29. The van der Waals surface area contributed by atoms with Crippen LogP contribution in [0.1, 0.15) is 89.7 Å². The average molecular weight is 851 g/mol. The van der Waals surface area contributed by atoms with E-state index in [2.05, 4.69) is 51.9 Å². The Hall–Kier alpha value is -6.81. The van der Waals surface area contributed by atoms with Crippen LogP contribution in [0.4, 0.5) is 4.39 Å². The zero-order valence-electron chi connectivity index (χ0n) is 35.8. The summed E-state index contributed by atoms with van der Waals surface area (Å²) in [6.07, 6.45) is 9.27. The second kappa shape index (κ2) is 14.4. The number of hydrogen-bond donors (Lipinski definition) is 1. The number of halogens is 1. The minimum absolute atomic E-state index is 0.0380. The van der Waals surface area contributed by atoms with Gasteiger partial charge in [0.2, 0.25) is 0 Å². The number of ether oxygens (including phenoxy) is 1. The number of aromatic nitrogens is 9. The lowest BCUT2D eigenvalue weighted by atomic mass is 9.87. The summed E-state index contributed by atoms with van der Waals surface area (Å²) in [5.74, 6) is 0.0579. The molecule has 322 valence electrons. The molecule has 8 aromatic rings. The van der Waals surface area contributed by atoms with Gasteiger partial charge in [0.15, 0.2) is 5.82 Å². The second-order valence-electron chi connectivity index (χ2n) is 17.6. The maximum absolute atomic E-state index is 15.3. The molecule has 2 fully saturated rings. The van der Waals surface area contributed by atoms with Crippen molar-refractivity contribution in [3.63, 3.8) is 0 Å². The topological polar surface area (TPSA) is 156 Å². The Morgan fingerprint density at radius 2 is 1.76 bits per heavy atom. The highest BCUT2D eigenvalue weighted by atomic mass is 19.1. The van der Waals surface area contributed by atoms with Gasteiger partial charge in [-0.1, -0.05) is 25.1 Å². The predicted octanol–water partition coefficient (Wildman–Crippen LogP) is 6.74. The van der Waals surface area contributed by atoms with Gasteiger partial charge in [0, 0.05) is 60.9 Å². The normalized spacial score (nSPS) is 21.1. The summed E-state index contributed by atoms with van der Waals surface area (Å²) in [5, 5.41) is 15.4. The smallest absolute Gasteiger partial charge is 0.378 e. The molecular formula is C47H47FN10O5. The number of carbonyl (C=O) groups excluding carboxylic acids is 1. The molecule has 1 N–H and O–H groups in total. The highest BCUT2D eigenvalue weighted by Gasteiger charge is 2.59. The lowest BCUT2D eigenvalue weighted by Crippen LogP contribution is -2.39. The van der Waals surface area contributed by atoms with E-state index in [0.29, 0.717) is 77.3 Å². The van der Waals surface area contributed by atoms with Crippen LogP contribution in [0, 0.1) is 25.6 Å². The molecule has 2 unspecified atom stereocenters. The maximum atomic E-state index is 15.3. The highest BCUT2D eigenvalue weighted by Crippen LogP contribution is 2.56. The summed E-state index contributed by atoms with van der Waals surface area (Å²) in [4.78, 5) is 46.9. The number of hydrogen-bond acceptors (Lipinski definition) is 8. The second-order valence-corrected chi connectivity index (χ2v) is 17.6. The number of nitrogens with zero attached hydrogens (tertiary/aromatic N) is 9. The fourth-order valence-electron chi connectivity index (χ4n) is 10.3. The van der Waals surface area contributed by atoms with Gasteiger partial charge in [0.05, 0.1) is 41.4 Å². The molecule has 1 saturated heterocycles. The summed E-state index contributed by atoms with van der Waals surface area (Å²) in [7, 11) is 1.87. The minimum Gasteiger partial charge on any atom is -0.378 e. The van der Waals surface area contributed by atoms with Crippen LogP contribution < -0.4 is 11.4 Å². The monoisotopic (exact) mass is 850 g/mol. The summed E-state index contributed by atoms with van der Waals surface area (Å²) >= 11 is 0. The molecule has 0 radical (unpaired) electrons. The molecule has 3 aromatic carbocycles. The predicted molar refractivity (Wildman–Crippen MR) is 233 cm³/mol. The first-order chi connectivity index (χ1) is 30.4. The summed E-state index contributed by atoms with van der Waals surface area (Å²) < 4.78 is 34.8. The van der Waals surface area contributed by atoms with E-state index in [1.54, 1.807) is 68.0 Å². The van der Waals surface area contributed by atoms with Crippen LogP contribution >= 0.6 is 0 Å². The van der Waals surface area contributed by atoms with Crippen molar-refractivity contribution in [2.45, 2.75) is 83.9 Å². The third kappa shape index (κ3) is 6.08. The van der Waals surface area contributed by atoms with Crippen LogP contribution in [0.3, 0.4) is 0 Å². The number of rotatable bonds is 8. The largest absolute Gasteiger partial charge is 0.438 e. The number of aromatic amines is 1. The van der Waals surface area contributed by atoms with Crippen molar-refractivity contribution >= 4 is 27.7 Å². The Labute approximate surface area is 360 Å². The summed E-state index contributed by atoms with van der Waals surface area (Å²) in [5.41, 5.74) is 5.94. The summed E-state index contributed by atoms with van der Waals surface area (Å²) in [6.45, 7) is 8.88. The van der Waals surface area contributed by atoms with Crippen LogP contribution in [-0.4, -0.2) is 73.5 Å².